The molecule has 56 valence electrons. The molecular weight excluding hydrogens is 140 g/mol. The Morgan fingerprint density at radius 2 is 1.78 bits per heavy atom. The number of hydrogen-bond donors (Lipinski definition) is 1. The molecule has 0 radical (unpaired) electrons. The van der Waals surface area contributed by atoms with E-state index in [0.29, 0.717) is 0 Å². The van der Waals surface area contributed by atoms with Crippen molar-refractivity contribution in [1.82, 2.24) is 0 Å². The van der Waals surface area contributed by atoms with Gasteiger partial charge < -0.3 is 5.11 Å². The van der Waals surface area contributed by atoms with Gasteiger partial charge in [-0.25, -0.2) is 0 Å². The first kappa shape index (κ1) is 8.68. The maximum Gasteiger partial charge on any atom is 0.414 e. The average molecular weight is 146 g/mol. The third kappa shape index (κ3) is 3.29. The van der Waals surface area contributed by atoms with E-state index >= 15 is 0 Å². The van der Waals surface area contributed by atoms with Crippen LogP contribution in [0.25, 0.3) is 0 Å². The van der Waals surface area contributed by atoms with Crippen molar-refractivity contribution in [2.75, 3.05) is 6.67 Å². The van der Waals surface area contributed by atoms with Gasteiger partial charge in [0.1, 0.15) is 0 Å². The molecule has 0 heterocycles. The van der Waals surface area contributed by atoms with Gasteiger partial charge >= 0.3 is 6.18 Å². The van der Waals surface area contributed by atoms with E-state index < -0.39 is 25.4 Å². The van der Waals surface area contributed by atoms with Gasteiger partial charge in [0.2, 0.25) is 0 Å². The molecule has 5 heteroatoms. The summed E-state index contributed by atoms with van der Waals surface area (Å²) < 4.78 is 44.8. The molecule has 0 aromatic rings. The number of aliphatic hydroxyl groups is 1. The zero-order valence-electron chi connectivity index (χ0n) is 4.45. The Labute approximate surface area is 49.3 Å². The molecule has 1 nitrogen and oxygen atoms in total. The van der Waals surface area contributed by atoms with E-state index in [1.54, 1.807) is 0 Å². The number of hydrogen-bond acceptors (Lipinski definition) is 1. The lowest BCUT2D eigenvalue weighted by molar-refractivity contribution is -0.206. The molecule has 0 fully saturated rings. The molecule has 0 rings (SSSR count). The van der Waals surface area contributed by atoms with Gasteiger partial charge in [-0.05, 0) is 0 Å². The van der Waals surface area contributed by atoms with E-state index in [2.05, 4.69) is 0 Å². The van der Waals surface area contributed by atoms with Gasteiger partial charge in [0, 0.05) is 6.42 Å². The van der Waals surface area contributed by atoms with Gasteiger partial charge in [-0.3, -0.25) is 4.39 Å². The number of aliphatic hydroxyl groups excluding tert-OH is 1. The Hall–Kier alpha value is -0.320. The standard InChI is InChI=1S/C4H6F4O/c5-2-1-3(9)4(6,7)8/h3,9H,1-2H2. The Morgan fingerprint density at radius 1 is 1.33 bits per heavy atom. The molecule has 0 bridgehead atoms. The van der Waals surface area contributed by atoms with Crippen molar-refractivity contribution in [2.45, 2.75) is 18.7 Å². The Kier molecular flexibility index (Phi) is 2.90. The van der Waals surface area contributed by atoms with Crippen molar-refractivity contribution in [3.8, 4) is 0 Å². The van der Waals surface area contributed by atoms with Crippen LogP contribution in [0.15, 0.2) is 0 Å². The molecular formula is C4H6F4O. The summed E-state index contributed by atoms with van der Waals surface area (Å²) in [6.45, 7) is -1.15. The van der Waals surface area contributed by atoms with Crippen LogP contribution in [0.4, 0.5) is 17.6 Å². The Bertz CT molecular complexity index is 79.1. The van der Waals surface area contributed by atoms with E-state index in [1.807, 2.05) is 0 Å². The van der Waals surface area contributed by atoms with Crippen molar-refractivity contribution < 1.29 is 22.7 Å². The van der Waals surface area contributed by atoms with E-state index in [1.165, 1.54) is 0 Å². The van der Waals surface area contributed by atoms with E-state index in [0.717, 1.165) is 0 Å². The molecule has 0 aliphatic rings. The van der Waals surface area contributed by atoms with Crippen LogP contribution in [0, 0.1) is 0 Å². The maximum atomic E-state index is 11.2. The highest BCUT2D eigenvalue weighted by atomic mass is 19.4. The lowest BCUT2D eigenvalue weighted by atomic mass is 10.3. The first-order valence-corrected chi connectivity index (χ1v) is 2.29. The lowest BCUT2D eigenvalue weighted by Gasteiger charge is -2.11. The van der Waals surface area contributed by atoms with Crippen molar-refractivity contribution in [1.29, 1.82) is 0 Å². The highest BCUT2D eigenvalue weighted by molar-refractivity contribution is 4.63. The number of alkyl halides is 4. The minimum absolute atomic E-state index is 0.872. The van der Waals surface area contributed by atoms with Gasteiger partial charge in [-0.1, -0.05) is 0 Å². The van der Waals surface area contributed by atoms with Crippen LogP contribution < -0.4 is 0 Å². The molecule has 1 N–H and O–H groups in total. The molecule has 0 saturated carbocycles. The summed E-state index contributed by atoms with van der Waals surface area (Å²) in [6.07, 6.45) is -8.06. The summed E-state index contributed by atoms with van der Waals surface area (Å²) in [6, 6.07) is 0. The molecule has 0 aliphatic carbocycles. The van der Waals surface area contributed by atoms with Crippen LogP contribution in [0.5, 0.6) is 0 Å². The molecule has 1 atom stereocenters. The molecule has 0 saturated heterocycles. The van der Waals surface area contributed by atoms with Gasteiger partial charge in [-0.2, -0.15) is 13.2 Å². The third-order valence-corrected chi connectivity index (χ3v) is 0.760. The largest absolute Gasteiger partial charge is 0.414 e. The minimum atomic E-state index is -4.67. The predicted octanol–water partition coefficient (Wildman–Crippen LogP) is 1.27. The van der Waals surface area contributed by atoms with Crippen LogP contribution >= 0.6 is 0 Å². The van der Waals surface area contributed by atoms with Crippen LogP contribution in [-0.4, -0.2) is 24.1 Å². The van der Waals surface area contributed by atoms with Crippen molar-refractivity contribution in [2.24, 2.45) is 0 Å². The molecule has 0 aliphatic heterocycles. The first-order valence-electron chi connectivity index (χ1n) is 2.29. The highest BCUT2D eigenvalue weighted by Gasteiger charge is 2.37. The summed E-state index contributed by atoms with van der Waals surface area (Å²) >= 11 is 0. The smallest absolute Gasteiger partial charge is 0.384 e. The molecule has 0 aromatic heterocycles. The van der Waals surface area contributed by atoms with Crippen molar-refractivity contribution in [3.63, 3.8) is 0 Å². The summed E-state index contributed by atoms with van der Waals surface area (Å²) in [7, 11) is 0. The van der Waals surface area contributed by atoms with E-state index in [4.69, 9.17) is 5.11 Å². The van der Waals surface area contributed by atoms with Crippen molar-refractivity contribution >= 4 is 0 Å². The molecule has 0 aromatic carbocycles. The second-order valence-corrected chi connectivity index (χ2v) is 1.54. The molecule has 0 amide bonds. The highest BCUT2D eigenvalue weighted by Crippen LogP contribution is 2.21. The average Bonchev–Trinajstić information content (AvgIpc) is 1.64. The predicted molar refractivity (Wildman–Crippen MR) is 22.7 cm³/mol. The zero-order valence-corrected chi connectivity index (χ0v) is 4.45. The Morgan fingerprint density at radius 3 is 1.89 bits per heavy atom. The number of rotatable bonds is 2. The van der Waals surface area contributed by atoms with Gasteiger partial charge in [0.05, 0.1) is 6.67 Å². The topological polar surface area (TPSA) is 20.2 Å². The van der Waals surface area contributed by atoms with Crippen molar-refractivity contribution in [3.05, 3.63) is 0 Å². The normalized spacial score (nSPS) is 15.7. The fourth-order valence-corrected chi connectivity index (χ4v) is 0.267. The fraction of sp³-hybridized carbons (Fsp3) is 1.00. The summed E-state index contributed by atoms with van der Waals surface area (Å²) in [4.78, 5) is 0. The van der Waals surface area contributed by atoms with Crippen LogP contribution in [0.1, 0.15) is 6.42 Å². The van der Waals surface area contributed by atoms with Gasteiger partial charge in [0.15, 0.2) is 6.10 Å². The second kappa shape index (κ2) is 3.00. The summed E-state index contributed by atoms with van der Waals surface area (Å²) in [5, 5.41) is 8.02. The van der Waals surface area contributed by atoms with Gasteiger partial charge in [0.25, 0.3) is 0 Å². The first-order chi connectivity index (χ1) is 3.98. The van der Waals surface area contributed by atoms with E-state index in [-0.39, 0.29) is 0 Å². The quantitative estimate of drug-likeness (QED) is 0.581. The lowest BCUT2D eigenvalue weighted by Crippen LogP contribution is -2.28. The minimum Gasteiger partial charge on any atom is -0.384 e. The monoisotopic (exact) mass is 146 g/mol. The Balaban J connectivity index is 3.59. The maximum absolute atomic E-state index is 11.2. The number of halogens is 4. The van der Waals surface area contributed by atoms with E-state index in [9.17, 15) is 17.6 Å². The summed E-state index contributed by atoms with van der Waals surface area (Å²) in [5.41, 5.74) is 0. The van der Waals surface area contributed by atoms with Crippen LogP contribution in [0.3, 0.4) is 0 Å². The molecule has 0 spiro atoms. The second-order valence-electron chi connectivity index (χ2n) is 1.54. The zero-order chi connectivity index (χ0) is 7.49. The molecule has 9 heavy (non-hydrogen) atoms. The molecule has 1 unspecified atom stereocenters. The third-order valence-electron chi connectivity index (χ3n) is 0.760. The van der Waals surface area contributed by atoms with Crippen LogP contribution in [0.2, 0.25) is 0 Å². The van der Waals surface area contributed by atoms with Gasteiger partial charge in [-0.15, -0.1) is 0 Å². The van der Waals surface area contributed by atoms with Crippen LogP contribution in [-0.2, 0) is 0 Å². The fourth-order valence-electron chi connectivity index (χ4n) is 0.267. The summed E-state index contributed by atoms with van der Waals surface area (Å²) in [5.74, 6) is 0. The SMILES string of the molecule is OC(CCF)C(F)(F)F.